The molecular formula is C13H18ClIN2OSi. The minimum Gasteiger partial charge on any atom is -0.361 e. The highest BCUT2D eigenvalue weighted by atomic mass is 127. The fraction of sp³-hybridized carbons (Fsp3) is 0.462. The summed E-state index contributed by atoms with van der Waals surface area (Å²) in [5.74, 6) is 0. The highest BCUT2D eigenvalue weighted by molar-refractivity contribution is 14.1. The summed E-state index contributed by atoms with van der Waals surface area (Å²) in [5, 5.41) is 1.65. The normalized spacial score (nSPS) is 12.3. The van der Waals surface area contributed by atoms with Crippen molar-refractivity contribution < 1.29 is 4.74 Å². The van der Waals surface area contributed by atoms with Gasteiger partial charge in [-0.2, -0.15) is 0 Å². The summed E-state index contributed by atoms with van der Waals surface area (Å²) in [7, 11) is -1.02. The maximum atomic E-state index is 6.01. The molecule has 0 bridgehead atoms. The molecule has 0 fully saturated rings. The largest absolute Gasteiger partial charge is 0.361 e. The molecule has 0 spiro atoms. The molecule has 2 rings (SSSR count). The van der Waals surface area contributed by atoms with E-state index in [0.29, 0.717) is 11.9 Å². The van der Waals surface area contributed by atoms with Crippen LogP contribution in [0, 0.1) is 3.57 Å². The lowest BCUT2D eigenvalue weighted by molar-refractivity contribution is 0.0899. The Bertz CT molecular complexity index is 580. The first-order chi connectivity index (χ1) is 8.87. The van der Waals surface area contributed by atoms with E-state index in [4.69, 9.17) is 16.3 Å². The second-order valence-corrected chi connectivity index (χ2v) is 13.0. The first-order valence-electron chi connectivity index (χ1n) is 6.25. The molecular weight excluding hydrogens is 391 g/mol. The van der Waals surface area contributed by atoms with Crippen molar-refractivity contribution in [3.05, 3.63) is 27.1 Å². The zero-order valence-corrected chi connectivity index (χ0v) is 15.3. The van der Waals surface area contributed by atoms with E-state index in [9.17, 15) is 0 Å². The van der Waals surface area contributed by atoms with Crippen molar-refractivity contribution in [2.45, 2.75) is 32.4 Å². The molecule has 0 saturated heterocycles. The third-order valence-corrected chi connectivity index (χ3v) is 5.67. The molecule has 0 aliphatic heterocycles. The highest BCUT2D eigenvalue weighted by Crippen LogP contribution is 2.23. The van der Waals surface area contributed by atoms with Crippen molar-refractivity contribution in [3.63, 3.8) is 0 Å². The molecule has 0 aliphatic carbocycles. The minimum atomic E-state index is -1.02. The molecule has 19 heavy (non-hydrogen) atoms. The summed E-state index contributed by atoms with van der Waals surface area (Å²) >= 11 is 8.29. The van der Waals surface area contributed by atoms with Crippen LogP contribution in [0.5, 0.6) is 0 Å². The van der Waals surface area contributed by atoms with E-state index in [1.807, 2.05) is 16.8 Å². The van der Waals surface area contributed by atoms with Crippen LogP contribution in [0.3, 0.4) is 0 Å². The smallest absolute Gasteiger partial charge is 0.144 e. The Balaban J connectivity index is 2.05. The fourth-order valence-corrected chi connectivity index (χ4v) is 3.58. The van der Waals surface area contributed by atoms with Gasteiger partial charge in [0.15, 0.2) is 0 Å². The molecule has 2 aromatic rings. The Morgan fingerprint density at radius 1 is 1.42 bits per heavy atom. The maximum Gasteiger partial charge on any atom is 0.144 e. The summed E-state index contributed by atoms with van der Waals surface area (Å²) in [6, 6.07) is 5.11. The number of hydrogen-bond acceptors (Lipinski definition) is 2. The van der Waals surface area contributed by atoms with Gasteiger partial charge >= 0.3 is 0 Å². The van der Waals surface area contributed by atoms with Crippen molar-refractivity contribution in [2.24, 2.45) is 0 Å². The third-order valence-electron chi connectivity index (χ3n) is 2.88. The van der Waals surface area contributed by atoms with Crippen LogP contribution in [0.1, 0.15) is 0 Å². The van der Waals surface area contributed by atoms with Crippen molar-refractivity contribution in [3.8, 4) is 0 Å². The van der Waals surface area contributed by atoms with Crippen LogP contribution in [-0.2, 0) is 11.5 Å². The standard InChI is InChI=1S/C13H18ClIN2OSi/c1-19(2,3)7-6-18-9-17-5-4-10-11(15)8-12(14)16-13(10)17/h4-5,8H,6-7,9H2,1-3H3. The second kappa shape index (κ2) is 6.11. The number of nitrogens with zero attached hydrogens (tertiary/aromatic N) is 2. The molecule has 0 amide bonds. The van der Waals surface area contributed by atoms with Crippen molar-refractivity contribution >= 4 is 53.3 Å². The van der Waals surface area contributed by atoms with E-state index in [0.717, 1.165) is 21.2 Å². The van der Waals surface area contributed by atoms with Gasteiger partial charge in [-0.1, -0.05) is 31.2 Å². The van der Waals surface area contributed by atoms with E-state index in [1.54, 1.807) is 0 Å². The number of rotatable bonds is 5. The first kappa shape index (κ1) is 15.3. The van der Waals surface area contributed by atoms with Gasteiger partial charge in [0.25, 0.3) is 0 Å². The lowest BCUT2D eigenvalue weighted by Crippen LogP contribution is -2.22. The van der Waals surface area contributed by atoms with Gasteiger partial charge in [-0.15, -0.1) is 0 Å². The monoisotopic (exact) mass is 408 g/mol. The van der Waals surface area contributed by atoms with Gasteiger partial charge in [0, 0.05) is 29.8 Å². The van der Waals surface area contributed by atoms with Gasteiger partial charge in [-0.25, -0.2) is 4.98 Å². The zero-order valence-electron chi connectivity index (χ0n) is 11.4. The Hall–Kier alpha value is -0.113. The average molecular weight is 409 g/mol. The molecule has 104 valence electrons. The van der Waals surface area contributed by atoms with E-state index < -0.39 is 8.07 Å². The molecule has 0 aliphatic rings. The van der Waals surface area contributed by atoms with Crippen LogP contribution >= 0.6 is 34.2 Å². The predicted octanol–water partition coefficient (Wildman–Crippen LogP) is 4.61. The molecule has 6 heteroatoms. The van der Waals surface area contributed by atoms with Crippen molar-refractivity contribution in [1.29, 1.82) is 0 Å². The molecule has 0 saturated carbocycles. The predicted molar refractivity (Wildman–Crippen MR) is 91.6 cm³/mol. The van der Waals surface area contributed by atoms with Crippen molar-refractivity contribution in [1.82, 2.24) is 9.55 Å². The number of pyridine rings is 1. The van der Waals surface area contributed by atoms with E-state index in [1.165, 1.54) is 6.04 Å². The van der Waals surface area contributed by atoms with Gasteiger partial charge in [0.05, 0.1) is 0 Å². The number of ether oxygens (including phenoxy) is 1. The third kappa shape index (κ3) is 4.17. The molecule has 0 unspecified atom stereocenters. The SMILES string of the molecule is C[Si](C)(C)CCOCn1ccc2c(I)cc(Cl)nc21. The first-order valence-corrected chi connectivity index (χ1v) is 11.4. The summed E-state index contributed by atoms with van der Waals surface area (Å²) in [4.78, 5) is 4.38. The van der Waals surface area contributed by atoms with E-state index >= 15 is 0 Å². The summed E-state index contributed by atoms with van der Waals surface area (Å²) in [6.07, 6.45) is 2.00. The summed E-state index contributed by atoms with van der Waals surface area (Å²) in [5.41, 5.74) is 0.893. The molecule has 0 aromatic carbocycles. The molecule has 0 atom stereocenters. The van der Waals surface area contributed by atoms with Crippen molar-refractivity contribution in [2.75, 3.05) is 6.61 Å². The van der Waals surface area contributed by atoms with Crippen LogP contribution < -0.4 is 0 Å². The minimum absolute atomic E-state index is 0.527. The second-order valence-electron chi connectivity index (χ2n) is 5.80. The number of halogens is 2. The number of fused-ring (bicyclic) bond motifs is 1. The van der Waals surface area contributed by atoms with Gasteiger partial charge in [0.1, 0.15) is 17.5 Å². The molecule has 2 aromatic heterocycles. The topological polar surface area (TPSA) is 27.1 Å². The summed E-state index contributed by atoms with van der Waals surface area (Å²) in [6.45, 7) is 8.41. The molecule has 2 heterocycles. The Kier molecular flexibility index (Phi) is 4.92. The van der Waals surface area contributed by atoms with Gasteiger partial charge in [-0.05, 0) is 40.8 Å². The Morgan fingerprint density at radius 2 is 2.16 bits per heavy atom. The van der Waals surface area contributed by atoms with Crippen LogP contribution in [0.2, 0.25) is 30.8 Å². The quantitative estimate of drug-likeness (QED) is 0.313. The fourth-order valence-electron chi connectivity index (χ4n) is 1.74. The van der Waals surface area contributed by atoms with E-state index in [2.05, 4.69) is 53.3 Å². The summed E-state index contributed by atoms with van der Waals surface area (Å²) < 4.78 is 8.88. The highest BCUT2D eigenvalue weighted by Gasteiger charge is 2.12. The van der Waals surface area contributed by atoms with Crippen LogP contribution in [0.25, 0.3) is 11.0 Å². The van der Waals surface area contributed by atoms with Gasteiger partial charge < -0.3 is 9.30 Å². The molecule has 0 radical (unpaired) electrons. The van der Waals surface area contributed by atoms with Crippen LogP contribution in [0.4, 0.5) is 0 Å². The molecule has 3 nitrogen and oxygen atoms in total. The Labute approximate surface area is 133 Å². The maximum absolute atomic E-state index is 6.01. The van der Waals surface area contributed by atoms with Crippen LogP contribution in [-0.4, -0.2) is 24.2 Å². The lowest BCUT2D eigenvalue weighted by Gasteiger charge is -2.15. The molecule has 0 N–H and O–H groups in total. The Morgan fingerprint density at radius 3 is 2.84 bits per heavy atom. The number of aromatic nitrogens is 2. The van der Waals surface area contributed by atoms with E-state index in [-0.39, 0.29) is 0 Å². The van der Waals surface area contributed by atoms with Gasteiger partial charge in [0.2, 0.25) is 0 Å². The van der Waals surface area contributed by atoms with Gasteiger partial charge in [-0.3, -0.25) is 0 Å². The van der Waals surface area contributed by atoms with Crippen LogP contribution in [0.15, 0.2) is 18.3 Å². The average Bonchev–Trinajstić information content (AvgIpc) is 2.66. The zero-order chi connectivity index (χ0) is 14.0. The lowest BCUT2D eigenvalue weighted by atomic mass is 10.3. The number of hydrogen-bond donors (Lipinski definition) is 0.